The predicted molar refractivity (Wildman–Crippen MR) is 281 cm³/mol. The Bertz CT molecular complexity index is 3990. The Balaban J connectivity index is 1.60. The van der Waals surface area contributed by atoms with Crippen molar-refractivity contribution in [3.63, 3.8) is 0 Å². The molecule has 6 aromatic carbocycles. The van der Waals surface area contributed by atoms with Gasteiger partial charge in [-0.2, -0.15) is 0 Å². The van der Waals surface area contributed by atoms with Crippen molar-refractivity contribution in [3.05, 3.63) is 166 Å². The van der Waals surface area contributed by atoms with Crippen molar-refractivity contribution in [2.24, 2.45) is 0 Å². The highest BCUT2D eigenvalue weighted by atomic mass is 16.3. The van der Waals surface area contributed by atoms with Gasteiger partial charge in [0, 0.05) is 57.2 Å². The molecule has 0 fully saturated rings. The smallest absolute Gasteiger partial charge is 0.149 e. The number of para-hydroxylation sites is 1. The molecule has 0 saturated carbocycles. The van der Waals surface area contributed by atoms with E-state index >= 15 is 0 Å². The molecule has 0 unspecified atom stereocenters. The molecule has 1 N–H and O–H groups in total. The minimum Gasteiger partial charge on any atom is -0.507 e. The molecule has 0 aliphatic heterocycles. The van der Waals surface area contributed by atoms with Crippen molar-refractivity contribution in [3.8, 4) is 67.5 Å². The summed E-state index contributed by atoms with van der Waals surface area (Å²) in [5, 5.41) is 13.1. The Morgan fingerprint density at radius 1 is 0.591 bits per heavy atom. The largest absolute Gasteiger partial charge is 0.507 e. The second-order valence-corrected chi connectivity index (χ2v) is 18.7. The highest BCUT2D eigenvalue weighted by molar-refractivity contribution is 5.97. The van der Waals surface area contributed by atoms with Crippen molar-refractivity contribution in [2.75, 3.05) is 0 Å². The fourth-order valence-corrected chi connectivity index (χ4v) is 8.21. The molecular formula is C62H69N3O. The first-order valence-electron chi connectivity index (χ1n) is 34.1. The van der Waals surface area contributed by atoms with E-state index in [1.165, 1.54) is 30.3 Å². The van der Waals surface area contributed by atoms with E-state index < -0.39 is 111 Å². The van der Waals surface area contributed by atoms with E-state index in [-0.39, 0.29) is 39.8 Å². The number of aromatic nitrogens is 3. The molecule has 0 amide bonds. The number of phenols is 1. The third-order valence-electron chi connectivity index (χ3n) is 12.0. The lowest BCUT2D eigenvalue weighted by Gasteiger charge is -2.27. The van der Waals surface area contributed by atoms with Crippen LogP contribution in [-0.4, -0.2) is 19.6 Å². The maximum atomic E-state index is 13.1. The molecule has 4 nitrogen and oxygen atoms in total. The van der Waals surface area contributed by atoms with Gasteiger partial charge in [0.05, 0.1) is 28.0 Å². The summed E-state index contributed by atoms with van der Waals surface area (Å²) in [5.74, 6) is -3.40. The van der Waals surface area contributed by atoms with Crippen LogP contribution in [0.15, 0.2) is 128 Å². The molecule has 0 spiro atoms. The molecule has 338 valence electrons. The lowest BCUT2D eigenvalue weighted by molar-refractivity contribution is 0.446. The van der Waals surface area contributed by atoms with Gasteiger partial charge in [-0.05, 0) is 146 Å². The Morgan fingerprint density at radius 3 is 1.97 bits per heavy atom. The van der Waals surface area contributed by atoms with Crippen LogP contribution in [-0.2, 0) is 16.2 Å². The van der Waals surface area contributed by atoms with Gasteiger partial charge in [-0.3, -0.25) is 9.55 Å². The summed E-state index contributed by atoms with van der Waals surface area (Å²) in [6.45, 7) is -17.5. The number of aromatic hydroxyl groups is 1. The van der Waals surface area contributed by atoms with Gasteiger partial charge in [-0.25, -0.2) is 4.98 Å². The van der Waals surface area contributed by atoms with E-state index in [1.807, 2.05) is 58.9 Å². The van der Waals surface area contributed by atoms with Crippen LogP contribution < -0.4 is 0 Å². The number of phenolic OH excluding ortho intramolecular Hbond substituents is 1. The van der Waals surface area contributed by atoms with Crippen LogP contribution in [0.5, 0.6) is 5.75 Å². The van der Waals surface area contributed by atoms with Crippen LogP contribution in [0.1, 0.15) is 175 Å². The second kappa shape index (κ2) is 17.2. The van der Waals surface area contributed by atoms with Crippen molar-refractivity contribution < 1.29 is 39.4 Å². The molecule has 8 rings (SSSR count). The van der Waals surface area contributed by atoms with Gasteiger partial charge in [0.25, 0.3) is 0 Å². The Morgan fingerprint density at radius 2 is 1.29 bits per heavy atom. The Labute approximate surface area is 430 Å². The van der Waals surface area contributed by atoms with Crippen molar-refractivity contribution in [2.45, 2.75) is 131 Å². The van der Waals surface area contributed by atoms with Gasteiger partial charge >= 0.3 is 0 Å². The van der Waals surface area contributed by atoms with Gasteiger partial charge in [-0.1, -0.05) is 168 Å². The van der Waals surface area contributed by atoms with Crippen molar-refractivity contribution in [1.29, 1.82) is 0 Å². The summed E-state index contributed by atoms with van der Waals surface area (Å²) in [6.07, 6.45) is 1.58. The molecule has 0 aliphatic carbocycles. The first-order chi connectivity index (χ1) is 41.2. The monoisotopic (exact) mass is 897 g/mol. The molecule has 0 bridgehead atoms. The Kier molecular flexibility index (Phi) is 6.38. The zero-order valence-electron chi connectivity index (χ0n) is 63.0. The molecule has 66 heavy (non-hydrogen) atoms. The average molecular weight is 897 g/mol. The molecule has 0 atom stereocenters. The number of imidazole rings is 1. The molecule has 2 heterocycles. The van der Waals surface area contributed by atoms with Crippen LogP contribution >= 0.6 is 0 Å². The van der Waals surface area contributed by atoms with Gasteiger partial charge in [0.15, 0.2) is 0 Å². The highest BCUT2D eigenvalue weighted by Gasteiger charge is 2.29. The quantitative estimate of drug-likeness (QED) is 0.165. The number of pyridine rings is 1. The fourth-order valence-electron chi connectivity index (χ4n) is 8.21. The first kappa shape index (κ1) is 24.5. The molecule has 2 aromatic heterocycles. The number of rotatable bonds is 8. The van der Waals surface area contributed by atoms with E-state index in [1.54, 1.807) is 74.6 Å². The summed E-state index contributed by atoms with van der Waals surface area (Å²) in [4.78, 5) is 9.79. The number of hydrogen-bond acceptors (Lipinski definition) is 3. The van der Waals surface area contributed by atoms with Gasteiger partial charge in [-0.15, -0.1) is 0 Å². The third-order valence-corrected chi connectivity index (χ3v) is 12.0. The molecule has 0 radical (unpaired) electrons. The number of fused-ring (bicyclic) bond motifs is 1. The van der Waals surface area contributed by atoms with E-state index in [9.17, 15) is 9.22 Å². The SMILES string of the molecule is [2H]C([2H])([2H])c1ccc(-c2ccnc(-c3cc(-c4cccc5c4nc(-c4cc(C(C([2H])([2H])[2H])(C([2H])([2H])[2H])C([2H])([2H])[2H])cc(C(C([2H])([2H])[2H])(C([2H])([2H])[2H])C([2H])([2H])[2H])c4O)n5-c4ccc(-c5cc(C(C)C)cc(C([2H])(C)C)c5)cc4C([2H])([2H])[2H])cc(C(C)(C)C)c3)c2)cc1. The number of nitrogens with zero attached hydrogens (tertiary/aromatic N) is 3. The molecule has 0 aliphatic rings. The summed E-state index contributed by atoms with van der Waals surface area (Å²) >= 11 is 0. The van der Waals surface area contributed by atoms with E-state index in [0.29, 0.717) is 50.7 Å². The summed E-state index contributed by atoms with van der Waals surface area (Å²) in [5.41, 5.74) is -7.49. The zero-order valence-corrected chi connectivity index (χ0v) is 38.0. The van der Waals surface area contributed by atoms with Crippen LogP contribution in [0.25, 0.3) is 72.7 Å². The highest BCUT2D eigenvalue weighted by Crippen LogP contribution is 2.45. The lowest BCUT2D eigenvalue weighted by Crippen LogP contribution is -2.17. The summed E-state index contributed by atoms with van der Waals surface area (Å²) in [6, 6.07) is 30.7. The maximum absolute atomic E-state index is 13.1. The second-order valence-electron chi connectivity index (χ2n) is 18.7. The minimum absolute atomic E-state index is 0.0112. The van der Waals surface area contributed by atoms with Gasteiger partial charge in [0.2, 0.25) is 0 Å². The maximum Gasteiger partial charge on any atom is 0.149 e. The van der Waals surface area contributed by atoms with E-state index in [0.717, 1.165) is 15.7 Å². The lowest BCUT2D eigenvalue weighted by atomic mass is 9.79. The van der Waals surface area contributed by atoms with Crippen molar-refractivity contribution >= 4 is 11.0 Å². The van der Waals surface area contributed by atoms with E-state index in [4.69, 9.17) is 40.1 Å². The van der Waals surface area contributed by atoms with Crippen LogP contribution in [0.3, 0.4) is 0 Å². The molecule has 8 aromatic rings. The summed E-state index contributed by atoms with van der Waals surface area (Å²) < 4.78 is 220. The normalized spacial score (nSPS) is 19.8. The predicted octanol–water partition coefficient (Wildman–Crippen LogP) is 17.2. The average Bonchev–Trinajstić information content (AvgIpc) is 1.23. The first-order valence-corrected chi connectivity index (χ1v) is 21.6. The minimum atomic E-state index is -4.27. The topological polar surface area (TPSA) is 50.9 Å². The molecule has 4 heteroatoms. The number of hydrogen-bond donors (Lipinski definition) is 1. The van der Waals surface area contributed by atoms with Crippen LogP contribution in [0, 0.1) is 13.7 Å². The van der Waals surface area contributed by atoms with Gasteiger partial charge in [0.1, 0.15) is 11.6 Å². The third kappa shape index (κ3) is 9.12. The van der Waals surface area contributed by atoms with E-state index in [2.05, 4.69) is 0 Å². The number of aryl methyl sites for hydroxylation is 2. The van der Waals surface area contributed by atoms with Crippen molar-refractivity contribution in [1.82, 2.24) is 14.5 Å². The number of benzene rings is 6. The fraction of sp³-hybridized carbons (Fsp3) is 0.323. The van der Waals surface area contributed by atoms with Crippen LogP contribution in [0.2, 0.25) is 0 Å². The Hall–Kier alpha value is -6.26. The zero-order chi connectivity index (χ0) is 68.5. The van der Waals surface area contributed by atoms with Gasteiger partial charge < -0.3 is 5.11 Å². The molecular weight excluding hydrogens is 803 g/mol. The summed E-state index contributed by atoms with van der Waals surface area (Å²) in [7, 11) is 0. The standard InChI is InChI=1S/C62H69N3O/c1-37(2)44-28-45(38(3)4)30-46(29-44)42-23-24-55(40(6)27-42)65-56-18-16-17-51(57(56)64-59(65)52-35-50(61(10,11)12)36-53(58(52)66)62(13,14)15)47-31-48(33-49(32-47)60(7,8)9)54-34-43(25-26-63-54)41-21-19-39(5)20-22-41/h16-38,66H,1-15H3/i5D3,6D3,10D3,11D3,12D3,13D3,14D3,15D3,37D. The molecule has 0 saturated heterocycles. The van der Waals surface area contributed by atoms with Crippen LogP contribution in [0.4, 0.5) is 0 Å².